The van der Waals surface area contributed by atoms with Crippen LogP contribution in [-0.4, -0.2) is 23.9 Å². The van der Waals surface area contributed by atoms with Crippen LogP contribution in [0.15, 0.2) is 22.1 Å². The summed E-state index contributed by atoms with van der Waals surface area (Å²) < 4.78 is 0. The Bertz CT molecular complexity index is 682. The second kappa shape index (κ2) is 8.61. The summed E-state index contributed by atoms with van der Waals surface area (Å²) >= 11 is 9.91. The summed E-state index contributed by atoms with van der Waals surface area (Å²) in [6, 6.07) is 4.52. The lowest BCUT2D eigenvalue weighted by Gasteiger charge is -2.29. The minimum absolute atomic E-state index is 0.0156. The molecule has 6 heteroatoms. The summed E-state index contributed by atoms with van der Waals surface area (Å²) in [5.41, 5.74) is 7.39. The molecule has 0 saturated carbocycles. The second-order valence-corrected chi connectivity index (χ2v) is 9.59. The number of thiocarbonyl (C=S) groups is 1. The molecule has 0 radical (unpaired) electrons. The van der Waals surface area contributed by atoms with Crippen molar-refractivity contribution < 1.29 is 0 Å². The van der Waals surface area contributed by atoms with Crippen LogP contribution in [0.25, 0.3) is 0 Å². The van der Waals surface area contributed by atoms with Gasteiger partial charge >= 0.3 is 0 Å². The van der Waals surface area contributed by atoms with Crippen molar-refractivity contribution in [2.24, 2.45) is 5.10 Å². The molecule has 26 heavy (non-hydrogen) atoms. The van der Waals surface area contributed by atoms with Crippen LogP contribution in [0.3, 0.4) is 0 Å². The molecule has 0 spiro atoms. The van der Waals surface area contributed by atoms with E-state index in [0.29, 0.717) is 5.11 Å². The zero-order valence-electron chi connectivity index (χ0n) is 17.5. The van der Waals surface area contributed by atoms with Gasteiger partial charge in [-0.15, -0.1) is 12.6 Å². The third-order valence-electron chi connectivity index (χ3n) is 4.34. The molecule has 0 aliphatic heterocycles. The van der Waals surface area contributed by atoms with Crippen LogP contribution in [0.5, 0.6) is 0 Å². The molecule has 0 aliphatic rings. The van der Waals surface area contributed by atoms with Gasteiger partial charge in [-0.05, 0) is 54.1 Å². The first-order chi connectivity index (χ1) is 11.8. The molecular weight excluding hydrogens is 360 g/mol. The number of hydrogen-bond donors (Lipinski definition) is 4. The Labute approximate surface area is 170 Å². The Morgan fingerprint density at radius 2 is 1.69 bits per heavy atom. The summed E-state index contributed by atoms with van der Waals surface area (Å²) in [5, 5.41) is 11.2. The van der Waals surface area contributed by atoms with Gasteiger partial charge in [-0.2, -0.15) is 5.10 Å². The minimum Gasteiger partial charge on any atom is -0.376 e. The normalized spacial score (nSPS) is 14.0. The first-order valence-electron chi connectivity index (χ1n) is 8.93. The molecule has 0 aliphatic carbocycles. The molecular formula is C20H34N4S2. The van der Waals surface area contributed by atoms with Crippen molar-refractivity contribution in [3.63, 3.8) is 0 Å². The highest BCUT2D eigenvalue weighted by Crippen LogP contribution is 2.38. The number of hydrogen-bond acceptors (Lipinski definition) is 4. The predicted molar refractivity (Wildman–Crippen MR) is 122 cm³/mol. The van der Waals surface area contributed by atoms with Gasteiger partial charge in [-0.3, -0.25) is 5.43 Å². The molecule has 0 saturated heterocycles. The van der Waals surface area contributed by atoms with Crippen LogP contribution >= 0.6 is 24.8 Å². The van der Waals surface area contributed by atoms with Crippen LogP contribution in [0.4, 0.5) is 5.69 Å². The van der Waals surface area contributed by atoms with Crippen LogP contribution in [-0.2, 0) is 10.8 Å². The molecule has 0 bridgehead atoms. The van der Waals surface area contributed by atoms with E-state index < -0.39 is 0 Å². The SMILES string of the molecule is CNC(=S)N/N=C(\C)C(C)Nc1cc(C(C)(C)C)cc(C(C)(C)C)c1S. The van der Waals surface area contributed by atoms with E-state index in [9.17, 15) is 0 Å². The standard InChI is InChI=1S/C20H34N4S2/c1-12(13(2)23-24-18(26)21-9)22-16-11-14(19(3,4)5)10-15(17(16)25)20(6,7)8/h10-12,22,25H,1-9H3,(H2,21,24,26)/b23-13+. The Balaban J connectivity index is 3.25. The van der Waals surface area contributed by atoms with Crippen LogP contribution in [0.1, 0.15) is 66.5 Å². The molecule has 1 aromatic rings. The largest absolute Gasteiger partial charge is 0.376 e. The molecule has 0 heterocycles. The summed E-state index contributed by atoms with van der Waals surface area (Å²) in [6.45, 7) is 17.4. The molecule has 0 fully saturated rings. The number of nitrogens with zero attached hydrogens (tertiary/aromatic N) is 1. The number of hydrazone groups is 1. The summed E-state index contributed by atoms with van der Waals surface area (Å²) in [7, 11) is 1.76. The average molecular weight is 395 g/mol. The molecule has 0 amide bonds. The van der Waals surface area contributed by atoms with Crippen molar-refractivity contribution in [1.29, 1.82) is 0 Å². The topological polar surface area (TPSA) is 48.5 Å². The highest BCUT2D eigenvalue weighted by atomic mass is 32.1. The lowest BCUT2D eigenvalue weighted by molar-refractivity contribution is 0.560. The lowest BCUT2D eigenvalue weighted by Crippen LogP contribution is -2.32. The van der Waals surface area contributed by atoms with Crippen molar-refractivity contribution in [3.8, 4) is 0 Å². The van der Waals surface area contributed by atoms with Gasteiger partial charge in [0, 0.05) is 17.6 Å². The summed E-state index contributed by atoms with van der Waals surface area (Å²) in [4.78, 5) is 0.990. The molecule has 0 aromatic heterocycles. The fourth-order valence-electron chi connectivity index (χ4n) is 2.38. The van der Waals surface area contributed by atoms with Gasteiger partial charge in [0.1, 0.15) is 0 Å². The molecule has 3 N–H and O–H groups in total. The van der Waals surface area contributed by atoms with E-state index in [-0.39, 0.29) is 16.9 Å². The average Bonchev–Trinajstić information content (AvgIpc) is 2.51. The van der Waals surface area contributed by atoms with E-state index in [0.717, 1.165) is 16.3 Å². The van der Waals surface area contributed by atoms with E-state index in [1.165, 1.54) is 11.1 Å². The number of benzene rings is 1. The van der Waals surface area contributed by atoms with Crippen molar-refractivity contribution in [3.05, 3.63) is 23.3 Å². The highest BCUT2D eigenvalue weighted by Gasteiger charge is 2.24. The number of nitrogens with one attached hydrogen (secondary N) is 3. The van der Waals surface area contributed by atoms with E-state index in [2.05, 4.69) is 81.8 Å². The van der Waals surface area contributed by atoms with E-state index in [4.69, 9.17) is 24.8 Å². The summed E-state index contributed by atoms with van der Waals surface area (Å²) in [6.07, 6.45) is 0. The van der Waals surface area contributed by atoms with Crippen molar-refractivity contribution >= 4 is 41.4 Å². The first kappa shape index (κ1) is 22.8. The van der Waals surface area contributed by atoms with E-state index in [1.54, 1.807) is 7.05 Å². The van der Waals surface area contributed by atoms with Gasteiger partial charge in [0.2, 0.25) is 0 Å². The molecule has 146 valence electrons. The van der Waals surface area contributed by atoms with Crippen molar-refractivity contribution in [2.45, 2.75) is 77.2 Å². The maximum Gasteiger partial charge on any atom is 0.186 e. The van der Waals surface area contributed by atoms with Crippen LogP contribution in [0, 0.1) is 0 Å². The van der Waals surface area contributed by atoms with Gasteiger partial charge in [0.25, 0.3) is 0 Å². The maximum atomic E-state index is 5.06. The predicted octanol–water partition coefficient (Wildman–Crippen LogP) is 4.84. The van der Waals surface area contributed by atoms with Crippen molar-refractivity contribution in [1.82, 2.24) is 10.7 Å². The molecule has 1 rings (SSSR count). The number of anilines is 1. The minimum atomic E-state index is 0.0156. The quantitative estimate of drug-likeness (QED) is 0.255. The highest BCUT2D eigenvalue weighted by molar-refractivity contribution is 7.80. The fraction of sp³-hybridized carbons (Fsp3) is 0.600. The third-order valence-corrected chi connectivity index (χ3v) is 5.12. The zero-order valence-corrected chi connectivity index (χ0v) is 19.2. The summed E-state index contributed by atoms with van der Waals surface area (Å²) in [5.74, 6) is 0. The molecule has 1 aromatic carbocycles. The lowest BCUT2D eigenvalue weighted by atomic mass is 9.80. The molecule has 1 atom stereocenters. The maximum absolute atomic E-state index is 5.06. The Morgan fingerprint density at radius 1 is 1.12 bits per heavy atom. The van der Waals surface area contributed by atoms with Gasteiger partial charge in [-0.1, -0.05) is 47.6 Å². The van der Waals surface area contributed by atoms with E-state index >= 15 is 0 Å². The Morgan fingerprint density at radius 3 is 2.15 bits per heavy atom. The number of rotatable bonds is 4. The van der Waals surface area contributed by atoms with Gasteiger partial charge < -0.3 is 10.6 Å². The zero-order chi connectivity index (χ0) is 20.3. The first-order valence-corrected chi connectivity index (χ1v) is 9.79. The second-order valence-electron chi connectivity index (χ2n) is 8.73. The van der Waals surface area contributed by atoms with Crippen molar-refractivity contribution in [2.75, 3.05) is 12.4 Å². The Kier molecular flexibility index (Phi) is 7.54. The van der Waals surface area contributed by atoms with Gasteiger partial charge in [0.15, 0.2) is 5.11 Å². The molecule has 1 unspecified atom stereocenters. The van der Waals surface area contributed by atoms with Gasteiger partial charge in [0.05, 0.1) is 11.8 Å². The monoisotopic (exact) mass is 394 g/mol. The smallest absolute Gasteiger partial charge is 0.186 e. The Hall–Kier alpha value is -1.27. The molecule has 4 nitrogen and oxygen atoms in total. The third kappa shape index (κ3) is 6.16. The van der Waals surface area contributed by atoms with Crippen LogP contribution in [0.2, 0.25) is 0 Å². The van der Waals surface area contributed by atoms with E-state index in [1.807, 2.05) is 6.92 Å². The fourth-order valence-corrected chi connectivity index (χ4v) is 2.95. The van der Waals surface area contributed by atoms with Gasteiger partial charge in [-0.25, -0.2) is 0 Å². The van der Waals surface area contributed by atoms with Crippen LogP contribution < -0.4 is 16.1 Å². The number of thiol groups is 1.